The van der Waals surface area contributed by atoms with E-state index in [0.29, 0.717) is 5.71 Å². The molecule has 0 spiro atoms. The average Bonchev–Trinajstić information content (AvgIpc) is 2.33. The molecule has 1 aromatic rings. The Labute approximate surface area is 128 Å². The quantitative estimate of drug-likeness (QED) is 0.483. The van der Waals surface area contributed by atoms with E-state index in [1.54, 1.807) is 34.6 Å². The molecule has 6 nitrogen and oxygen atoms in total. The third-order valence-electron chi connectivity index (χ3n) is 2.51. The predicted octanol–water partition coefficient (Wildman–Crippen LogP) is 3.88. The van der Waals surface area contributed by atoms with Crippen LogP contribution in [0.25, 0.3) is 0 Å². The Balaban J connectivity index is 3.43. The Morgan fingerprint density at radius 1 is 1.33 bits per heavy atom. The number of carbonyl (C=O) groups is 1. The molecule has 1 rings (SSSR count). The largest absolute Gasteiger partial charge is 0.282 e. The molecule has 0 aliphatic carbocycles. The van der Waals surface area contributed by atoms with E-state index >= 15 is 0 Å². The van der Waals surface area contributed by atoms with Gasteiger partial charge in [0, 0.05) is 16.8 Å². The van der Waals surface area contributed by atoms with E-state index in [-0.39, 0.29) is 16.3 Å². The van der Waals surface area contributed by atoms with Crippen LogP contribution in [0.4, 0.5) is 5.69 Å². The van der Waals surface area contributed by atoms with Gasteiger partial charge in [-0.05, 0) is 46.8 Å². The molecule has 0 N–H and O–H groups in total. The first-order valence-electron chi connectivity index (χ1n) is 6.34. The van der Waals surface area contributed by atoms with Gasteiger partial charge in [-0.25, -0.2) is 5.01 Å². The topological polar surface area (TPSA) is 75.8 Å². The lowest BCUT2D eigenvalue weighted by Crippen LogP contribution is -2.42. The normalized spacial score (nSPS) is 11.0. The molecule has 0 saturated carbocycles. The van der Waals surface area contributed by atoms with Crippen molar-refractivity contribution < 1.29 is 9.72 Å². The minimum atomic E-state index is -0.620. The zero-order valence-corrected chi connectivity index (χ0v) is 13.4. The van der Waals surface area contributed by atoms with Crippen molar-refractivity contribution in [3.05, 3.63) is 38.9 Å². The molecule has 114 valence electrons. The first kappa shape index (κ1) is 17.1. The van der Waals surface area contributed by atoms with Crippen LogP contribution >= 0.6 is 11.6 Å². The zero-order chi connectivity index (χ0) is 16.4. The third-order valence-corrected chi connectivity index (χ3v) is 2.75. The molecule has 0 atom stereocenters. The van der Waals surface area contributed by atoms with Gasteiger partial charge in [0.1, 0.15) is 5.56 Å². The van der Waals surface area contributed by atoms with Crippen LogP contribution in [0.1, 0.15) is 45.0 Å². The number of amides is 1. The Morgan fingerprint density at radius 2 is 1.90 bits per heavy atom. The number of benzene rings is 1. The minimum Gasteiger partial charge on any atom is -0.267 e. The van der Waals surface area contributed by atoms with Gasteiger partial charge in [0.05, 0.1) is 10.5 Å². The molecule has 0 radical (unpaired) electrons. The molecular weight excluding hydrogens is 294 g/mol. The zero-order valence-electron chi connectivity index (χ0n) is 12.7. The summed E-state index contributed by atoms with van der Waals surface area (Å²) in [5.74, 6) is -0.557. The van der Waals surface area contributed by atoms with Gasteiger partial charge in [-0.15, -0.1) is 0 Å². The summed E-state index contributed by atoms with van der Waals surface area (Å²) in [6, 6.07) is 3.90. The van der Waals surface area contributed by atoms with Gasteiger partial charge in [0.25, 0.3) is 11.6 Å². The van der Waals surface area contributed by atoms with Gasteiger partial charge in [-0.2, -0.15) is 5.10 Å². The second kappa shape index (κ2) is 6.22. The van der Waals surface area contributed by atoms with E-state index in [4.69, 9.17) is 11.6 Å². The summed E-state index contributed by atoms with van der Waals surface area (Å²) in [6.07, 6.45) is 0. The predicted molar refractivity (Wildman–Crippen MR) is 82.8 cm³/mol. The summed E-state index contributed by atoms with van der Waals surface area (Å²) >= 11 is 5.86. The van der Waals surface area contributed by atoms with Crippen LogP contribution in [0, 0.1) is 10.1 Å². The number of nitro groups is 1. The lowest BCUT2D eigenvalue weighted by molar-refractivity contribution is -0.385. The summed E-state index contributed by atoms with van der Waals surface area (Å²) < 4.78 is 0. The highest BCUT2D eigenvalue weighted by Gasteiger charge is 2.32. The standard InChI is InChI=1S/C14H18ClN3O3/c1-9(2)16-17(14(3,4)5)13(19)11-8-10(15)6-7-12(11)18(20)21/h6-8H,1-5H3. The van der Waals surface area contributed by atoms with Crippen molar-refractivity contribution in [3.63, 3.8) is 0 Å². The van der Waals surface area contributed by atoms with Crippen molar-refractivity contribution in [1.82, 2.24) is 5.01 Å². The highest BCUT2D eigenvalue weighted by Crippen LogP contribution is 2.27. The smallest absolute Gasteiger partial charge is 0.267 e. The van der Waals surface area contributed by atoms with Gasteiger partial charge >= 0.3 is 0 Å². The number of nitro benzene ring substituents is 1. The summed E-state index contributed by atoms with van der Waals surface area (Å²) in [5.41, 5.74) is -0.317. The molecular formula is C14H18ClN3O3. The van der Waals surface area contributed by atoms with Crippen LogP contribution in [0.3, 0.4) is 0 Å². The van der Waals surface area contributed by atoms with Gasteiger partial charge in [-0.3, -0.25) is 14.9 Å². The molecule has 0 aliphatic heterocycles. The molecule has 0 aromatic heterocycles. The Kier molecular flexibility index (Phi) is 5.06. The number of halogens is 1. The SMILES string of the molecule is CC(C)=NN(C(=O)c1cc(Cl)ccc1[N+](=O)[O-])C(C)(C)C. The van der Waals surface area contributed by atoms with E-state index < -0.39 is 16.4 Å². The lowest BCUT2D eigenvalue weighted by Gasteiger charge is -2.31. The molecule has 1 amide bonds. The number of nitrogens with zero attached hydrogens (tertiary/aromatic N) is 3. The first-order chi connectivity index (χ1) is 9.54. The van der Waals surface area contributed by atoms with Crippen molar-refractivity contribution in [3.8, 4) is 0 Å². The number of carbonyl (C=O) groups excluding carboxylic acids is 1. The van der Waals surface area contributed by atoms with Crippen molar-refractivity contribution >= 4 is 28.9 Å². The molecule has 0 unspecified atom stereocenters. The van der Waals surface area contributed by atoms with Crippen molar-refractivity contribution in [2.75, 3.05) is 0 Å². The molecule has 0 fully saturated rings. The van der Waals surface area contributed by atoms with Crippen LogP contribution in [-0.4, -0.2) is 27.1 Å². The molecule has 0 aliphatic rings. The van der Waals surface area contributed by atoms with Crippen LogP contribution in [0.15, 0.2) is 23.3 Å². The van der Waals surface area contributed by atoms with E-state index in [2.05, 4.69) is 5.10 Å². The molecule has 0 heterocycles. The highest BCUT2D eigenvalue weighted by atomic mass is 35.5. The Morgan fingerprint density at radius 3 is 2.33 bits per heavy atom. The van der Waals surface area contributed by atoms with Crippen LogP contribution in [0.2, 0.25) is 5.02 Å². The molecule has 0 saturated heterocycles. The first-order valence-corrected chi connectivity index (χ1v) is 6.72. The average molecular weight is 312 g/mol. The second-order valence-corrected chi connectivity index (χ2v) is 6.19. The summed E-state index contributed by atoms with van der Waals surface area (Å²) in [4.78, 5) is 23.1. The fraction of sp³-hybridized carbons (Fsp3) is 0.429. The van der Waals surface area contributed by atoms with Crippen molar-refractivity contribution in [2.24, 2.45) is 5.10 Å². The van der Waals surface area contributed by atoms with E-state index in [1.165, 1.54) is 23.2 Å². The molecule has 0 bridgehead atoms. The van der Waals surface area contributed by atoms with Gasteiger partial charge in [0.2, 0.25) is 0 Å². The maximum Gasteiger partial charge on any atom is 0.282 e. The summed E-state index contributed by atoms with van der Waals surface area (Å²) in [7, 11) is 0. The van der Waals surface area contributed by atoms with E-state index in [1.807, 2.05) is 0 Å². The highest BCUT2D eigenvalue weighted by molar-refractivity contribution is 6.31. The monoisotopic (exact) mass is 311 g/mol. The van der Waals surface area contributed by atoms with Crippen LogP contribution < -0.4 is 0 Å². The second-order valence-electron chi connectivity index (χ2n) is 5.75. The van der Waals surface area contributed by atoms with Crippen molar-refractivity contribution in [1.29, 1.82) is 0 Å². The maximum atomic E-state index is 12.7. The summed E-state index contributed by atoms with van der Waals surface area (Å²) in [6.45, 7) is 8.89. The number of hydrogen-bond acceptors (Lipinski definition) is 4. The van der Waals surface area contributed by atoms with E-state index in [9.17, 15) is 14.9 Å². The van der Waals surface area contributed by atoms with Gasteiger partial charge in [0.15, 0.2) is 0 Å². The Bertz CT molecular complexity index is 602. The van der Waals surface area contributed by atoms with Gasteiger partial charge in [-0.1, -0.05) is 11.6 Å². The third kappa shape index (κ3) is 4.26. The number of rotatable bonds is 3. The number of hydrazone groups is 1. The lowest BCUT2D eigenvalue weighted by atomic mass is 10.1. The Hall–Kier alpha value is -1.95. The minimum absolute atomic E-state index is 0.0765. The summed E-state index contributed by atoms with van der Waals surface area (Å²) in [5, 5.41) is 16.8. The van der Waals surface area contributed by atoms with Crippen LogP contribution in [0.5, 0.6) is 0 Å². The maximum absolute atomic E-state index is 12.7. The fourth-order valence-corrected chi connectivity index (χ4v) is 1.83. The van der Waals surface area contributed by atoms with Crippen LogP contribution in [-0.2, 0) is 0 Å². The molecule has 21 heavy (non-hydrogen) atoms. The molecule has 7 heteroatoms. The van der Waals surface area contributed by atoms with E-state index in [0.717, 1.165) is 0 Å². The van der Waals surface area contributed by atoms with Crippen molar-refractivity contribution in [2.45, 2.75) is 40.2 Å². The fourth-order valence-electron chi connectivity index (χ4n) is 1.65. The van der Waals surface area contributed by atoms with Gasteiger partial charge < -0.3 is 0 Å². The molecule has 1 aromatic carbocycles. The number of hydrogen-bond donors (Lipinski definition) is 0.